The van der Waals surface area contributed by atoms with E-state index in [0.717, 1.165) is 33.7 Å². The van der Waals surface area contributed by atoms with Gasteiger partial charge in [-0.15, -0.1) is 0 Å². The number of allylic oxidation sites excluding steroid dienone is 1. The van der Waals surface area contributed by atoms with Gasteiger partial charge in [-0.05, 0) is 32.9 Å². The van der Waals surface area contributed by atoms with Crippen molar-refractivity contribution in [2.45, 2.75) is 47.1 Å². The molecule has 4 nitrogen and oxygen atoms in total. The van der Waals surface area contributed by atoms with E-state index in [4.69, 9.17) is 34.5 Å². The molecule has 29 heavy (non-hydrogen) atoms. The van der Waals surface area contributed by atoms with Gasteiger partial charge in [0.15, 0.2) is 0 Å². The molecular formula is C23H28ClN3OS. The molecule has 3 rings (SSSR count). The van der Waals surface area contributed by atoms with Crippen molar-refractivity contribution in [1.82, 2.24) is 4.57 Å². The minimum atomic E-state index is -0.422. The minimum absolute atomic E-state index is 0.0411. The van der Waals surface area contributed by atoms with E-state index in [2.05, 4.69) is 0 Å². The topological polar surface area (TPSA) is 60.4 Å². The number of hydrogen-bond acceptors (Lipinski definition) is 4. The lowest BCUT2D eigenvalue weighted by Gasteiger charge is -2.15. The molecule has 0 bridgehead atoms. The number of rotatable bonds is 3. The number of hydrogen-bond donors (Lipinski definition) is 1. The average molecular weight is 430 g/mol. The van der Waals surface area contributed by atoms with Crippen molar-refractivity contribution in [1.29, 1.82) is 0 Å². The molecule has 0 unspecified atom stereocenters. The number of fused-ring (bicyclic) bond motifs is 1. The summed E-state index contributed by atoms with van der Waals surface area (Å²) in [6.07, 6.45) is 2.28. The van der Waals surface area contributed by atoms with Crippen molar-refractivity contribution in [2.75, 3.05) is 0 Å². The first-order valence-electron chi connectivity index (χ1n) is 9.71. The van der Waals surface area contributed by atoms with E-state index in [1.165, 1.54) is 0 Å². The van der Waals surface area contributed by atoms with Gasteiger partial charge in [-0.3, -0.25) is 9.79 Å². The van der Waals surface area contributed by atoms with Crippen molar-refractivity contribution in [3.05, 3.63) is 63.6 Å². The van der Waals surface area contributed by atoms with Crippen LogP contribution in [-0.4, -0.2) is 27.0 Å². The third kappa shape index (κ3) is 4.68. The Morgan fingerprint density at radius 2 is 1.83 bits per heavy atom. The molecule has 0 spiro atoms. The Balaban J connectivity index is 0.00000145. The number of carbonyl (C=O) groups is 1. The maximum Gasteiger partial charge on any atom is 0.132 e. The molecule has 6 heteroatoms. The van der Waals surface area contributed by atoms with Crippen LogP contribution in [-0.2, 0) is 11.8 Å². The lowest BCUT2D eigenvalue weighted by atomic mass is 9.93. The highest BCUT2D eigenvalue weighted by Gasteiger charge is 2.31. The fourth-order valence-electron chi connectivity index (χ4n) is 3.44. The zero-order valence-electron chi connectivity index (χ0n) is 17.8. The highest BCUT2D eigenvalue weighted by molar-refractivity contribution is 7.81. The van der Waals surface area contributed by atoms with Crippen LogP contribution in [0, 0.1) is 6.92 Å². The lowest BCUT2D eigenvalue weighted by Crippen LogP contribution is -2.22. The normalized spacial score (nSPS) is 17.6. The molecule has 154 valence electrons. The van der Waals surface area contributed by atoms with Crippen LogP contribution in [0.2, 0.25) is 5.02 Å². The van der Waals surface area contributed by atoms with Gasteiger partial charge < -0.3 is 10.3 Å². The van der Waals surface area contributed by atoms with E-state index in [-0.39, 0.29) is 12.2 Å². The lowest BCUT2D eigenvalue weighted by molar-refractivity contribution is -0.117. The number of Topliss-reactive ketones (excluding diaryl/α,β-unsaturated/α-hetero) is 1. The predicted molar refractivity (Wildman–Crippen MR) is 127 cm³/mol. The van der Waals surface area contributed by atoms with Crippen molar-refractivity contribution in [3.63, 3.8) is 0 Å². The van der Waals surface area contributed by atoms with Gasteiger partial charge in [0.1, 0.15) is 5.78 Å². The molecule has 2 N–H and O–H groups in total. The smallest absolute Gasteiger partial charge is 0.132 e. The van der Waals surface area contributed by atoms with E-state index in [0.29, 0.717) is 15.6 Å². The van der Waals surface area contributed by atoms with Crippen LogP contribution in [0.3, 0.4) is 0 Å². The first kappa shape index (κ1) is 23.0. The number of carbonyl (C=O) groups excluding carboxylic acids is 1. The number of nitrogens with zero attached hydrogens (tertiary/aromatic N) is 2. The minimum Gasteiger partial charge on any atom is -0.402 e. The maximum atomic E-state index is 11.9. The summed E-state index contributed by atoms with van der Waals surface area (Å²) < 4.78 is 2.05. The van der Waals surface area contributed by atoms with E-state index >= 15 is 0 Å². The quantitative estimate of drug-likeness (QED) is 0.533. The number of thiocarbonyl (C=S) groups is 1. The summed E-state index contributed by atoms with van der Waals surface area (Å²) in [7, 11) is 1.99. The Bertz CT molecular complexity index is 996. The first-order valence-corrected chi connectivity index (χ1v) is 10.5. The standard InChI is InChI=1S/C21H22ClN3OS.C2H6/c1-11(26)9-17-21(27)18(12(2)23)16-10-25(4)13(3)19(16)20(24-17)14-5-7-15(22)8-6-14;1-2/h5-8,10,17H,9,23H2,1-4H3;1-2H3/b18-12-;/t17-;/m0./s1. The van der Waals surface area contributed by atoms with Gasteiger partial charge in [0.25, 0.3) is 0 Å². The number of aliphatic imine (C=N–C) groups is 1. The predicted octanol–water partition coefficient (Wildman–Crippen LogP) is 5.27. The number of benzene rings is 1. The molecule has 1 atom stereocenters. The second-order valence-corrected chi connectivity index (χ2v) is 7.82. The SMILES string of the molecule is CC.CC(=O)C[C@@H]1N=C(c2ccc(Cl)cc2)c2c(cn(C)c2C)/C(=C(\C)N)C1=S. The fourth-order valence-corrected chi connectivity index (χ4v) is 3.97. The molecule has 0 amide bonds. The molecule has 0 saturated carbocycles. The van der Waals surface area contributed by atoms with Crippen LogP contribution in [0.15, 0.2) is 41.2 Å². The van der Waals surface area contributed by atoms with Crippen molar-refractivity contribution in [2.24, 2.45) is 17.8 Å². The van der Waals surface area contributed by atoms with Gasteiger partial charge in [-0.2, -0.15) is 0 Å². The van der Waals surface area contributed by atoms with E-state index < -0.39 is 6.04 Å². The fraction of sp³-hybridized carbons (Fsp3) is 0.348. The molecule has 0 radical (unpaired) electrons. The van der Waals surface area contributed by atoms with E-state index in [1.807, 2.05) is 69.8 Å². The van der Waals surface area contributed by atoms with Crippen molar-refractivity contribution < 1.29 is 4.79 Å². The van der Waals surface area contributed by atoms with Gasteiger partial charge in [-0.25, -0.2) is 0 Å². The molecule has 1 aromatic heterocycles. The van der Waals surface area contributed by atoms with Gasteiger partial charge in [0.2, 0.25) is 0 Å². The Hall–Kier alpha value is -2.24. The van der Waals surface area contributed by atoms with E-state index in [9.17, 15) is 4.79 Å². The van der Waals surface area contributed by atoms with E-state index in [1.54, 1.807) is 6.92 Å². The summed E-state index contributed by atoms with van der Waals surface area (Å²) in [5.41, 5.74) is 12.4. The van der Waals surface area contributed by atoms with Crippen molar-refractivity contribution >= 4 is 45.8 Å². The third-order valence-corrected chi connectivity index (χ3v) is 5.54. The number of nitrogens with two attached hydrogens (primary N) is 1. The third-order valence-electron chi connectivity index (χ3n) is 4.82. The molecular weight excluding hydrogens is 402 g/mol. The summed E-state index contributed by atoms with van der Waals surface area (Å²) in [6, 6.07) is 7.13. The second-order valence-electron chi connectivity index (χ2n) is 6.94. The largest absolute Gasteiger partial charge is 0.402 e. The van der Waals surface area contributed by atoms with Crippen LogP contribution in [0.1, 0.15) is 56.5 Å². The number of aryl methyl sites for hydroxylation is 1. The number of halogens is 1. The highest BCUT2D eigenvalue weighted by atomic mass is 35.5. The molecule has 1 aliphatic heterocycles. The molecule has 1 aliphatic rings. The van der Waals surface area contributed by atoms with Gasteiger partial charge in [0.05, 0.1) is 11.8 Å². The average Bonchev–Trinajstić information content (AvgIpc) is 2.88. The summed E-state index contributed by atoms with van der Waals surface area (Å²) in [6.45, 7) is 9.44. The van der Waals surface area contributed by atoms with Gasteiger partial charge in [0, 0.05) is 63.2 Å². The molecule has 0 aliphatic carbocycles. The summed E-state index contributed by atoms with van der Waals surface area (Å²) in [4.78, 5) is 17.4. The molecule has 0 fully saturated rings. The Morgan fingerprint density at radius 3 is 2.34 bits per heavy atom. The van der Waals surface area contributed by atoms with Crippen LogP contribution in [0.4, 0.5) is 0 Å². The monoisotopic (exact) mass is 429 g/mol. The Morgan fingerprint density at radius 1 is 1.24 bits per heavy atom. The Kier molecular flexibility index (Phi) is 7.55. The Labute approximate surface area is 183 Å². The van der Waals surface area contributed by atoms with Crippen molar-refractivity contribution in [3.8, 4) is 0 Å². The van der Waals surface area contributed by atoms with Crippen LogP contribution in [0.5, 0.6) is 0 Å². The van der Waals surface area contributed by atoms with Crippen LogP contribution < -0.4 is 5.73 Å². The molecule has 2 heterocycles. The molecule has 2 aromatic rings. The number of ketones is 1. The first-order chi connectivity index (χ1) is 13.7. The maximum absolute atomic E-state index is 11.9. The second kappa shape index (κ2) is 9.51. The van der Waals surface area contributed by atoms with Gasteiger partial charge >= 0.3 is 0 Å². The highest BCUT2D eigenvalue weighted by Crippen LogP contribution is 2.34. The zero-order chi connectivity index (χ0) is 21.9. The summed E-state index contributed by atoms with van der Waals surface area (Å²) >= 11 is 11.8. The molecule has 1 aromatic carbocycles. The summed E-state index contributed by atoms with van der Waals surface area (Å²) in [5.74, 6) is 0.0411. The van der Waals surface area contributed by atoms with Crippen LogP contribution >= 0.6 is 23.8 Å². The molecule has 0 saturated heterocycles. The summed E-state index contributed by atoms with van der Waals surface area (Å²) in [5, 5.41) is 0.659. The van der Waals surface area contributed by atoms with Crippen LogP contribution in [0.25, 0.3) is 5.57 Å². The van der Waals surface area contributed by atoms with Gasteiger partial charge in [-0.1, -0.05) is 49.8 Å². The zero-order valence-corrected chi connectivity index (χ0v) is 19.4. The number of aromatic nitrogens is 1.